The summed E-state index contributed by atoms with van der Waals surface area (Å²) < 4.78 is 0. The van der Waals surface area contributed by atoms with Gasteiger partial charge in [0, 0.05) is 17.4 Å². The van der Waals surface area contributed by atoms with Crippen molar-refractivity contribution in [1.29, 1.82) is 0 Å². The van der Waals surface area contributed by atoms with Crippen molar-refractivity contribution in [3.05, 3.63) is 35.4 Å². The lowest BCUT2D eigenvalue weighted by molar-refractivity contribution is 0.0259. The maximum atomic E-state index is 12.5. The summed E-state index contributed by atoms with van der Waals surface area (Å²) in [6.07, 6.45) is 3.14. The van der Waals surface area contributed by atoms with Crippen molar-refractivity contribution in [2.24, 2.45) is 23.7 Å². The number of carbonyl (C=O) groups is 1. The number of hydrogen-bond donors (Lipinski definition) is 1. The Bertz CT molecular complexity index is 493. The van der Waals surface area contributed by atoms with Gasteiger partial charge < -0.3 is 5.11 Å². The van der Waals surface area contributed by atoms with Crippen LogP contribution in [-0.4, -0.2) is 10.9 Å². The lowest BCUT2D eigenvalue weighted by atomic mass is 9.67. The van der Waals surface area contributed by atoms with Crippen LogP contribution in [0.5, 0.6) is 0 Å². The van der Waals surface area contributed by atoms with Gasteiger partial charge in [-0.05, 0) is 36.7 Å². The highest BCUT2D eigenvalue weighted by molar-refractivity contribution is 6.01. The topological polar surface area (TPSA) is 37.3 Å². The summed E-state index contributed by atoms with van der Waals surface area (Å²) in [6.45, 7) is 0. The van der Waals surface area contributed by atoms with Crippen LogP contribution in [-0.2, 0) is 0 Å². The van der Waals surface area contributed by atoms with E-state index < -0.39 is 6.10 Å². The van der Waals surface area contributed by atoms with Gasteiger partial charge in [0.2, 0.25) is 0 Å². The van der Waals surface area contributed by atoms with E-state index in [1.807, 2.05) is 24.3 Å². The van der Waals surface area contributed by atoms with Crippen LogP contribution in [0.15, 0.2) is 24.3 Å². The fourth-order valence-corrected chi connectivity index (χ4v) is 4.55. The average Bonchev–Trinajstić information content (AvgIpc) is 2.96. The van der Waals surface area contributed by atoms with Crippen molar-refractivity contribution in [2.75, 3.05) is 0 Å². The van der Waals surface area contributed by atoms with Gasteiger partial charge in [-0.3, -0.25) is 4.79 Å². The lowest BCUT2D eigenvalue weighted by Crippen LogP contribution is -2.38. The van der Waals surface area contributed by atoms with Crippen molar-refractivity contribution >= 4 is 5.78 Å². The first-order valence-electron chi connectivity index (χ1n) is 6.58. The highest BCUT2D eigenvalue weighted by Crippen LogP contribution is 2.59. The molecule has 3 aliphatic carbocycles. The molecule has 0 aliphatic heterocycles. The zero-order chi connectivity index (χ0) is 11.6. The van der Waals surface area contributed by atoms with Crippen molar-refractivity contribution in [3.63, 3.8) is 0 Å². The summed E-state index contributed by atoms with van der Waals surface area (Å²) in [5.41, 5.74) is 1.64. The van der Waals surface area contributed by atoms with Gasteiger partial charge in [0.15, 0.2) is 5.78 Å². The molecule has 17 heavy (non-hydrogen) atoms. The van der Waals surface area contributed by atoms with E-state index in [2.05, 4.69) is 0 Å². The molecule has 88 valence electrons. The number of hydrogen-bond acceptors (Lipinski definition) is 2. The molecule has 0 unspecified atom stereocenters. The Hall–Kier alpha value is -1.15. The largest absolute Gasteiger partial charge is 0.388 e. The van der Waals surface area contributed by atoms with Crippen LogP contribution in [0.4, 0.5) is 0 Å². The predicted molar refractivity (Wildman–Crippen MR) is 63.5 cm³/mol. The molecule has 5 atom stereocenters. The average molecular weight is 228 g/mol. The Morgan fingerprint density at radius 1 is 1.12 bits per heavy atom. The number of benzene rings is 1. The van der Waals surface area contributed by atoms with Gasteiger partial charge in [-0.1, -0.05) is 24.3 Å². The van der Waals surface area contributed by atoms with E-state index in [0.717, 1.165) is 17.5 Å². The molecule has 0 amide bonds. The zero-order valence-corrected chi connectivity index (χ0v) is 9.67. The second-order valence-electron chi connectivity index (χ2n) is 5.83. The molecular weight excluding hydrogens is 212 g/mol. The molecule has 0 radical (unpaired) electrons. The fraction of sp³-hybridized carbons (Fsp3) is 0.533. The predicted octanol–water partition coefficient (Wildman–Crippen LogP) is 2.58. The molecule has 2 heteroatoms. The Morgan fingerprint density at radius 2 is 1.88 bits per heavy atom. The van der Waals surface area contributed by atoms with Gasteiger partial charge in [0.1, 0.15) is 0 Å². The van der Waals surface area contributed by atoms with E-state index in [1.165, 1.54) is 12.8 Å². The monoisotopic (exact) mass is 228 g/mol. The smallest absolute Gasteiger partial charge is 0.166 e. The molecule has 0 spiro atoms. The number of Topliss-reactive ketones (excluding diaryl/α,β-unsaturated/α-hetero) is 1. The first kappa shape index (κ1) is 9.84. The molecule has 1 N–H and O–H groups in total. The minimum atomic E-state index is -0.413. The maximum absolute atomic E-state index is 12.5. The summed E-state index contributed by atoms with van der Waals surface area (Å²) in [7, 11) is 0. The second-order valence-corrected chi connectivity index (χ2v) is 5.83. The normalized spacial score (nSPS) is 42.4. The van der Waals surface area contributed by atoms with Gasteiger partial charge in [-0.15, -0.1) is 0 Å². The first-order valence-corrected chi connectivity index (χ1v) is 6.58. The zero-order valence-electron chi connectivity index (χ0n) is 9.67. The SMILES string of the molecule is O=C1c2ccccc2[C@H](O)[C@@H]2[C@H]3CC[C@H](C3)[C@H]12. The summed E-state index contributed by atoms with van der Waals surface area (Å²) in [6, 6.07) is 7.61. The molecule has 2 fully saturated rings. The van der Waals surface area contributed by atoms with Gasteiger partial charge in [-0.25, -0.2) is 0 Å². The minimum Gasteiger partial charge on any atom is -0.388 e. The second kappa shape index (κ2) is 3.20. The van der Waals surface area contributed by atoms with Crippen molar-refractivity contribution < 1.29 is 9.90 Å². The molecule has 0 saturated heterocycles. The molecule has 2 bridgehead atoms. The highest BCUT2D eigenvalue weighted by atomic mass is 16.3. The van der Waals surface area contributed by atoms with Gasteiger partial charge in [-0.2, -0.15) is 0 Å². The van der Waals surface area contributed by atoms with Crippen molar-refractivity contribution in [1.82, 2.24) is 0 Å². The third-order valence-corrected chi connectivity index (χ3v) is 5.19. The molecule has 1 aromatic rings. The summed E-state index contributed by atoms with van der Waals surface area (Å²) >= 11 is 0. The molecular formula is C15H16O2. The Morgan fingerprint density at radius 3 is 2.76 bits per heavy atom. The summed E-state index contributed by atoms with van der Waals surface area (Å²) in [5.74, 6) is 1.73. The molecule has 3 aliphatic rings. The van der Waals surface area contributed by atoms with Gasteiger partial charge >= 0.3 is 0 Å². The quantitative estimate of drug-likeness (QED) is 0.741. The van der Waals surface area contributed by atoms with Crippen LogP contribution in [0.1, 0.15) is 41.3 Å². The standard InChI is InChI=1S/C15H16O2/c16-14-10-3-1-2-4-11(10)15(17)13-9-6-5-8(7-9)12(13)14/h1-4,8-9,12-14,16H,5-7H2/t8-,9+,12+,13-,14-/m0/s1. The van der Waals surface area contributed by atoms with E-state index in [9.17, 15) is 9.90 Å². The number of ketones is 1. The van der Waals surface area contributed by atoms with Crippen LogP contribution >= 0.6 is 0 Å². The molecule has 0 heterocycles. The fourth-order valence-electron chi connectivity index (χ4n) is 4.55. The van der Waals surface area contributed by atoms with E-state index in [-0.39, 0.29) is 11.8 Å². The van der Waals surface area contributed by atoms with Crippen molar-refractivity contribution in [3.8, 4) is 0 Å². The van der Waals surface area contributed by atoms with Crippen molar-refractivity contribution in [2.45, 2.75) is 25.4 Å². The van der Waals surface area contributed by atoms with Crippen LogP contribution < -0.4 is 0 Å². The maximum Gasteiger partial charge on any atom is 0.166 e. The molecule has 1 aromatic carbocycles. The summed E-state index contributed by atoms with van der Waals surface area (Å²) in [5, 5.41) is 10.5. The number of carbonyl (C=O) groups excluding carboxylic acids is 1. The third-order valence-electron chi connectivity index (χ3n) is 5.19. The van der Waals surface area contributed by atoms with Crippen LogP contribution in [0.3, 0.4) is 0 Å². The van der Waals surface area contributed by atoms with Crippen LogP contribution in [0, 0.1) is 23.7 Å². The lowest BCUT2D eigenvalue weighted by Gasteiger charge is -2.38. The summed E-state index contributed by atoms with van der Waals surface area (Å²) in [4.78, 5) is 12.5. The van der Waals surface area contributed by atoms with E-state index in [0.29, 0.717) is 17.6 Å². The van der Waals surface area contributed by atoms with E-state index in [1.54, 1.807) is 0 Å². The molecule has 0 aromatic heterocycles. The Labute approximate surface area is 101 Å². The first-order chi connectivity index (χ1) is 8.27. The van der Waals surface area contributed by atoms with Crippen LogP contribution in [0.2, 0.25) is 0 Å². The highest BCUT2D eigenvalue weighted by Gasteiger charge is 2.56. The number of aliphatic hydroxyl groups is 1. The molecule has 4 rings (SSSR count). The van der Waals surface area contributed by atoms with E-state index >= 15 is 0 Å². The van der Waals surface area contributed by atoms with Crippen LogP contribution in [0.25, 0.3) is 0 Å². The Balaban J connectivity index is 1.88. The number of aliphatic hydroxyl groups excluding tert-OH is 1. The Kier molecular flexibility index (Phi) is 1.85. The molecule has 2 nitrogen and oxygen atoms in total. The van der Waals surface area contributed by atoms with Gasteiger partial charge in [0.25, 0.3) is 0 Å². The number of rotatable bonds is 0. The van der Waals surface area contributed by atoms with Gasteiger partial charge in [0.05, 0.1) is 6.10 Å². The van der Waals surface area contributed by atoms with E-state index in [4.69, 9.17) is 0 Å². The molecule has 2 saturated carbocycles. The third kappa shape index (κ3) is 1.12. The number of fused-ring (bicyclic) bond motifs is 6. The minimum absolute atomic E-state index is 0.110.